The fourth-order valence-electron chi connectivity index (χ4n) is 3.95. The van der Waals surface area contributed by atoms with Gasteiger partial charge in [0.05, 0.1) is 34.5 Å². The lowest BCUT2D eigenvalue weighted by Crippen LogP contribution is -2.17. The van der Waals surface area contributed by atoms with Crippen molar-refractivity contribution in [3.8, 4) is 17.6 Å². The summed E-state index contributed by atoms with van der Waals surface area (Å²) in [6.07, 6.45) is 0. The smallest absolute Gasteiger partial charge is 0.347 e. The number of carboxylic acid groups (broad SMARTS) is 1. The molecule has 0 aliphatic rings. The van der Waals surface area contributed by atoms with E-state index >= 15 is 0 Å². The molecular formula is C29H23N3O9S2. The summed E-state index contributed by atoms with van der Waals surface area (Å²) in [5.41, 5.74) is -0.117. The van der Waals surface area contributed by atoms with Gasteiger partial charge in [0.25, 0.3) is 0 Å². The van der Waals surface area contributed by atoms with Crippen LogP contribution in [0.3, 0.4) is 0 Å². The molecule has 0 unspecified atom stereocenters. The SMILES string of the molecule is N#Cc1ccccc1CS(=O)(=O)Nc1ccc(C(=O)O)c(OC(=O)c2ccc(NS(=O)(=O)Cc3ccccc3)cc2O)c1. The lowest BCUT2D eigenvalue weighted by molar-refractivity contribution is 0.0681. The molecule has 0 heterocycles. The highest BCUT2D eigenvalue weighted by atomic mass is 32.2. The molecule has 4 N–H and O–H groups in total. The predicted molar refractivity (Wildman–Crippen MR) is 157 cm³/mol. The number of carbonyl (C=O) groups excluding carboxylic acids is 1. The Morgan fingerprint density at radius 1 is 0.767 bits per heavy atom. The highest BCUT2D eigenvalue weighted by Crippen LogP contribution is 2.29. The predicted octanol–water partition coefficient (Wildman–Crippen LogP) is 4.07. The first-order valence-corrected chi connectivity index (χ1v) is 15.6. The topological polar surface area (TPSA) is 200 Å². The summed E-state index contributed by atoms with van der Waals surface area (Å²) in [7, 11) is -7.94. The number of esters is 1. The first kappa shape index (κ1) is 30.6. The van der Waals surface area contributed by atoms with E-state index in [4.69, 9.17) is 4.74 Å². The maximum atomic E-state index is 12.9. The number of hydrogen-bond donors (Lipinski definition) is 4. The average Bonchev–Trinajstić information content (AvgIpc) is 2.93. The first-order valence-electron chi connectivity index (χ1n) is 12.3. The zero-order valence-corrected chi connectivity index (χ0v) is 23.7. The molecule has 0 saturated carbocycles. The van der Waals surface area contributed by atoms with Crippen molar-refractivity contribution in [1.82, 2.24) is 0 Å². The van der Waals surface area contributed by atoms with Gasteiger partial charge in [-0.1, -0.05) is 48.5 Å². The van der Waals surface area contributed by atoms with Crippen LogP contribution >= 0.6 is 0 Å². The molecule has 0 saturated heterocycles. The number of nitrogens with one attached hydrogen (secondary N) is 2. The Morgan fingerprint density at radius 3 is 1.98 bits per heavy atom. The highest BCUT2D eigenvalue weighted by molar-refractivity contribution is 7.92. The van der Waals surface area contributed by atoms with Crippen LogP contribution in [-0.4, -0.2) is 39.0 Å². The van der Waals surface area contributed by atoms with Gasteiger partial charge in [0.15, 0.2) is 0 Å². The Bertz CT molecular complexity index is 1950. The normalized spacial score (nSPS) is 11.2. The Kier molecular flexibility index (Phi) is 8.98. The monoisotopic (exact) mass is 621 g/mol. The van der Waals surface area contributed by atoms with Gasteiger partial charge in [0.2, 0.25) is 20.0 Å². The molecule has 12 nitrogen and oxygen atoms in total. The van der Waals surface area contributed by atoms with E-state index in [0.29, 0.717) is 5.56 Å². The third-order valence-corrected chi connectivity index (χ3v) is 8.36. The van der Waals surface area contributed by atoms with Crippen molar-refractivity contribution in [2.24, 2.45) is 0 Å². The molecule has 4 rings (SSSR count). The van der Waals surface area contributed by atoms with Gasteiger partial charge in [-0.3, -0.25) is 9.44 Å². The van der Waals surface area contributed by atoms with Crippen LogP contribution in [-0.2, 0) is 31.6 Å². The lowest BCUT2D eigenvalue weighted by Gasteiger charge is -2.13. The van der Waals surface area contributed by atoms with E-state index in [0.717, 1.165) is 30.3 Å². The molecule has 0 atom stereocenters. The van der Waals surface area contributed by atoms with E-state index in [1.165, 1.54) is 18.2 Å². The van der Waals surface area contributed by atoms with Crippen molar-refractivity contribution in [2.75, 3.05) is 9.44 Å². The van der Waals surface area contributed by atoms with Crippen LogP contribution in [0, 0.1) is 11.3 Å². The number of phenolic OH excluding ortho intramolecular Hbond substituents is 1. The molecule has 0 aliphatic carbocycles. The second-order valence-electron chi connectivity index (χ2n) is 9.11. The number of rotatable bonds is 11. The Balaban J connectivity index is 1.52. The molecule has 220 valence electrons. The molecule has 0 bridgehead atoms. The third-order valence-electron chi connectivity index (χ3n) is 5.86. The molecule has 14 heteroatoms. The van der Waals surface area contributed by atoms with E-state index in [1.807, 2.05) is 6.07 Å². The third kappa shape index (κ3) is 8.09. The van der Waals surface area contributed by atoms with Crippen molar-refractivity contribution < 1.29 is 41.4 Å². The molecule has 0 fully saturated rings. The summed E-state index contributed by atoms with van der Waals surface area (Å²) in [6, 6.07) is 22.8. The number of aromatic hydroxyl groups is 1. The van der Waals surface area contributed by atoms with Gasteiger partial charge in [-0.05, 0) is 41.5 Å². The van der Waals surface area contributed by atoms with Crippen molar-refractivity contribution in [3.63, 3.8) is 0 Å². The number of nitriles is 1. The van der Waals surface area contributed by atoms with Crippen molar-refractivity contribution in [2.45, 2.75) is 11.5 Å². The van der Waals surface area contributed by atoms with Crippen LogP contribution in [0.2, 0.25) is 0 Å². The molecule has 4 aromatic carbocycles. The van der Waals surface area contributed by atoms with Crippen LogP contribution in [0.1, 0.15) is 37.4 Å². The Hall–Kier alpha value is -5.39. The number of carbonyl (C=O) groups is 2. The largest absolute Gasteiger partial charge is 0.507 e. The van der Waals surface area contributed by atoms with Gasteiger partial charge >= 0.3 is 11.9 Å². The van der Waals surface area contributed by atoms with Crippen molar-refractivity contribution in [3.05, 3.63) is 119 Å². The minimum Gasteiger partial charge on any atom is -0.507 e. The van der Waals surface area contributed by atoms with E-state index in [-0.39, 0.29) is 28.3 Å². The molecule has 0 amide bonds. The van der Waals surface area contributed by atoms with E-state index in [1.54, 1.807) is 42.5 Å². The van der Waals surface area contributed by atoms with E-state index < -0.39 is 60.4 Å². The van der Waals surface area contributed by atoms with Gasteiger partial charge < -0.3 is 14.9 Å². The summed E-state index contributed by atoms with van der Waals surface area (Å²) >= 11 is 0. The zero-order chi connectivity index (χ0) is 31.2. The molecule has 43 heavy (non-hydrogen) atoms. The second kappa shape index (κ2) is 12.6. The summed E-state index contributed by atoms with van der Waals surface area (Å²) in [4.78, 5) is 24.6. The number of carboxylic acids is 1. The van der Waals surface area contributed by atoms with Crippen molar-refractivity contribution >= 4 is 43.4 Å². The number of ether oxygens (including phenoxy) is 1. The second-order valence-corrected chi connectivity index (χ2v) is 12.6. The minimum absolute atomic E-state index is 0.0365. The van der Waals surface area contributed by atoms with Gasteiger partial charge in [-0.15, -0.1) is 0 Å². The van der Waals surface area contributed by atoms with E-state index in [9.17, 15) is 41.9 Å². The van der Waals surface area contributed by atoms with Crippen LogP contribution in [0.4, 0.5) is 11.4 Å². The van der Waals surface area contributed by atoms with Crippen LogP contribution in [0.5, 0.6) is 11.5 Å². The van der Waals surface area contributed by atoms with Crippen LogP contribution < -0.4 is 14.2 Å². The van der Waals surface area contributed by atoms with Crippen LogP contribution in [0.15, 0.2) is 91.0 Å². The maximum absolute atomic E-state index is 12.9. The Labute approximate surface area is 246 Å². The summed E-state index contributed by atoms with van der Waals surface area (Å²) in [5.74, 6) is -4.74. The molecule has 0 aliphatic heterocycles. The number of aromatic carboxylic acids is 1. The summed E-state index contributed by atoms with van der Waals surface area (Å²) in [5, 5.41) is 29.2. The van der Waals surface area contributed by atoms with Crippen LogP contribution in [0.25, 0.3) is 0 Å². The number of phenols is 1. The van der Waals surface area contributed by atoms with Crippen molar-refractivity contribution in [1.29, 1.82) is 5.26 Å². The van der Waals surface area contributed by atoms with Gasteiger partial charge in [-0.25, -0.2) is 26.4 Å². The van der Waals surface area contributed by atoms with Gasteiger partial charge in [-0.2, -0.15) is 5.26 Å². The number of hydrogen-bond acceptors (Lipinski definition) is 9. The molecule has 0 aromatic heterocycles. The quantitative estimate of drug-likeness (QED) is 0.140. The minimum atomic E-state index is -4.08. The van der Waals surface area contributed by atoms with Gasteiger partial charge in [0, 0.05) is 12.1 Å². The standard InChI is InChI=1S/C29H23N3O9S2/c30-16-20-8-4-5-9-21(20)18-43(39,40)32-23-11-13-25(28(34)35)27(15-23)41-29(36)24-12-10-22(14-26(24)33)31-42(37,38)17-19-6-2-1-3-7-19/h1-15,31-33H,17-18H2,(H,34,35). The highest BCUT2D eigenvalue weighted by Gasteiger charge is 2.22. The van der Waals surface area contributed by atoms with E-state index in [2.05, 4.69) is 9.44 Å². The first-order chi connectivity index (χ1) is 20.4. The average molecular weight is 622 g/mol. The summed E-state index contributed by atoms with van der Waals surface area (Å²) < 4.78 is 60.3. The fourth-order valence-corrected chi connectivity index (χ4v) is 6.36. The zero-order valence-electron chi connectivity index (χ0n) is 22.1. The fraction of sp³-hybridized carbons (Fsp3) is 0.0690. The number of anilines is 2. The molecule has 0 radical (unpaired) electrons. The summed E-state index contributed by atoms with van der Waals surface area (Å²) in [6.45, 7) is 0. The molecular weight excluding hydrogens is 598 g/mol. The lowest BCUT2D eigenvalue weighted by atomic mass is 10.1. The number of nitrogens with zero attached hydrogens (tertiary/aromatic N) is 1. The maximum Gasteiger partial charge on any atom is 0.347 e. The number of sulfonamides is 2. The molecule has 0 spiro atoms. The molecule has 4 aromatic rings. The van der Waals surface area contributed by atoms with Gasteiger partial charge in [0.1, 0.15) is 22.6 Å². The Morgan fingerprint density at radius 2 is 1.35 bits per heavy atom. The number of benzene rings is 4.